The summed E-state index contributed by atoms with van der Waals surface area (Å²) in [5, 5.41) is 5.26. The van der Waals surface area contributed by atoms with Crippen LogP contribution in [0.15, 0.2) is 152 Å². The fraction of sp³-hybridized carbons (Fsp3) is 0.136. The second kappa shape index (κ2) is 15.2. The SMILES string of the molecule is CC.CC.Cc1ccc(-c2cc(=O)c3c(ccc4ccccc43)o2)cc1.Cc1ccc(-c2cc(=O)c3c(ccc4ccccc43)o2)cc1. The highest BCUT2D eigenvalue weighted by atomic mass is 16.3. The normalized spacial score (nSPS) is 10.5. The van der Waals surface area contributed by atoms with Crippen molar-refractivity contribution in [3.8, 4) is 22.6 Å². The molecule has 4 nitrogen and oxygen atoms in total. The van der Waals surface area contributed by atoms with Gasteiger partial charge in [0.2, 0.25) is 0 Å². The number of benzene rings is 6. The molecule has 0 fully saturated rings. The van der Waals surface area contributed by atoms with E-state index in [1.807, 2.05) is 163 Å². The van der Waals surface area contributed by atoms with Gasteiger partial charge in [0.15, 0.2) is 10.9 Å². The lowest BCUT2D eigenvalue weighted by atomic mass is 10.0. The van der Waals surface area contributed by atoms with Crippen LogP contribution in [-0.4, -0.2) is 0 Å². The monoisotopic (exact) mass is 632 g/mol. The highest BCUT2D eigenvalue weighted by Crippen LogP contribution is 2.28. The average Bonchev–Trinajstić information content (AvgIpc) is 3.13. The van der Waals surface area contributed by atoms with E-state index in [0.717, 1.165) is 32.7 Å². The van der Waals surface area contributed by atoms with Crippen LogP contribution in [0.1, 0.15) is 38.8 Å². The van der Waals surface area contributed by atoms with Crippen LogP contribution in [0.5, 0.6) is 0 Å². The van der Waals surface area contributed by atoms with Crippen LogP contribution in [0.3, 0.4) is 0 Å². The average molecular weight is 633 g/mol. The van der Waals surface area contributed by atoms with Crippen molar-refractivity contribution in [1.82, 2.24) is 0 Å². The van der Waals surface area contributed by atoms with Crippen LogP contribution >= 0.6 is 0 Å². The van der Waals surface area contributed by atoms with Crippen LogP contribution in [-0.2, 0) is 0 Å². The van der Waals surface area contributed by atoms with E-state index in [-0.39, 0.29) is 10.9 Å². The van der Waals surface area contributed by atoms with E-state index in [1.54, 1.807) is 12.1 Å². The number of hydrogen-bond donors (Lipinski definition) is 0. The lowest BCUT2D eigenvalue weighted by Gasteiger charge is -2.06. The minimum atomic E-state index is -0.00590. The summed E-state index contributed by atoms with van der Waals surface area (Å²) < 4.78 is 12.0. The van der Waals surface area contributed by atoms with Crippen molar-refractivity contribution < 1.29 is 8.83 Å². The Labute approximate surface area is 280 Å². The summed E-state index contributed by atoms with van der Waals surface area (Å²) in [5.41, 5.74) is 5.43. The maximum Gasteiger partial charge on any atom is 0.193 e. The van der Waals surface area contributed by atoms with Crippen molar-refractivity contribution in [1.29, 1.82) is 0 Å². The van der Waals surface area contributed by atoms with Crippen molar-refractivity contribution in [2.75, 3.05) is 0 Å². The van der Waals surface area contributed by atoms with Crippen molar-refractivity contribution in [3.63, 3.8) is 0 Å². The van der Waals surface area contributed by atoms with Gasteiger partial charge in [0.1, 0.15) is 22.7 Å². The molecule has 0 bridgehead atoms. The molecule has 240 valence electrons. The third kappa shape index (κ3) is 6.98. The summed E-state index contributed by atoms with van der Waals surface area (Å²) in [6.45, 7) is 12.1. The highest BCUT2D eigenvalue weighted by molar-refractivity contribution is 6.06. The van der Waals surface area contributed by atoms with Gasteiger partial charge in [0.25, 0.3) is 0 Å². The number of hydrogen-bond acceptors (Lipinski definition) is 4. The quantitative estimate of drug-likeness (QED) is 0.178. The summed E-state index contributed by atoms with van der Waals surface area (Å²) >= 11 is 0. The molecule has 48 heavy (non-hydrogen) atoms. The highest BCUT2D eigenvalue weighted by Gasteiger charge is 2.11. The van der Waals surface area contributed by atoms with E-state index in [4.69, 9.17) is 8.83 Å². The molecule has 4 heteroatoms. The largest absolute Gasteiger partial charge is 0.456 e. The molecule has 0 saturated carbocycles. The molecule has 0 spiro atoms. The third-order valence-corrected chi connectivity index (χ3v) is 7.91. The molecule has 0 aliphatic carbocycles. The van der Waals surface area contributed by atoms with Crippen LogP contribution in [0.25, 0.3) is 66.1 Å². The molecule has 0 N–H and O–H groups in total. The standard InChI is InChI=1S/2C20H14O2.2C2H6/c2*1-13-6-8-15(9-7-13)19-12-17(21)20-16-5-3-2-4-14(16)10-11-18(20)22-19;2*1-2/h2*2-12H,1H3;2*1-2H3. The summed E-state index contributed by atoms with van der Waals surface area (Å²) in [7, 11) is 0. The van der Waals surface area contributed by atoms with Gasteiger partial charge in [-0.05, 0) is 47.5 Å². The Bertz CT molecular complexity index is 2260. The first-order valence-electron chi connectivity index (χ1n) is 16.5. The van der Waals surface area contributed by atoms with Crippen LogP contribution in [0.2, 0.25) is 0 Å². The molecule has 0 aliphatic heterocycles. The van der Waals surface area contributed by atoms with Gasteiger partial charge in [-0.2, -0.15) is 0 Å². The summed E-state index contributed by atoms with van der Waals surface area (Å²) in [6.07, 6.45) is 0. The van der Waals surface area contributed by atoms with E-state index in [0.29, 0.717) is 33.5 Å². The van der Waals surface area contributed by atoms with E-state index >= 15 is 0 Å². The van der Waals surface area contributed by atoms with Crippen molar-refractivity contribution >= 4 is 43.5 Å². The van der Waals surface area contributed by atoms with Gasteiger partial charge < -0.3 is 8.83 Å². The zero-order valence-corrected chi connectivity index (χ0v) is 28.3. The fourth-order valence-corrected chi connectivity index (χ4v) is 5.58. The van der Waals surface area contributed by atoms with Gasteiger partial charge in [-0.3, -0.25) is 9.59 Å². The molecule has 2 aromatic heterocycles. The predicted octanol–water partition coefficient (Wildman–Crippen LogP) is 11.9. The first-order chi connectivity index (χ1) is 23.4. The maximum atomic E-state index is 12.6. The topological polar surface area (TPSA) is 60.4 Å². The van der Waals surface area contributed by atoms with E-state index in [2.05, 4.69) is 0 Å². The Morgan fingerprint density at radius 1 is 0.417 bits per heavy atom. The molecule has 0 saturated heterocycles. The van der Waals surface area contributed by atoms with E-state index in [1.165, 1.54) is 11.1 Å². The summed E-state index contributed by atoms with van der Waals surface area (Å²) in [5.74, 6) is 1.21. The first kappa shape index (κ1) is 33.6. The van der Waals surface area contributed by atoms with Gasteiger partial charge in [-0.15, -0.1) is 0 Å². The zero-order chi connectivity index (χ0) is 34.2. The molecule has 8 aromatic rings. The maximum absolute atomic E-state index is 12.6. The Morgan fingerprint density at radius 2 is 0.771 bits per heavy atom. The van der Waals surface area contributed by atoms with Gasteiger partial charge in [-0.25, -0.2) is 0 Å². The van der Waals surface area contributed by atoms with Crippen LogP contribution in [0.4, 0.5) is 0 Å². The Morgan fingerprint density at radius 3 is 1.15 bits per heavy atom. The molecular weight excluding hydrogens is 592 g/mol. The molecule has 8 rings (SSSR count). The fourth-order valence-electron chi connectivity index (χ4n) is 5.58. The van der Waals surface area contributed by atoms with Gasteiger partial charge in [-0.1, -0.05) is 148 Å². The van der Waals surface area contributed by atoms with E-state index < -0.39 is 0 Å². The van der Waals surface area contributed by atoms with Gasteiger partial charge in [0, 0.05) is 23.3 Å². The molecule has 6 aromatic carbocycles. The van der Waals surface area contributed by atoms with Crippen molar-refractivity contribution in [2.45, 2.75) is 41.5 Å². The predicted molar refractivity (Wildman–Crippen MR) is 203 cm³/mol. The molecule has 0 unspecified atom stereocenters. The number of rotatable bonds is 2. The van der Waals surface area contributed by atoms with Crippen LogP contribution in [0, 0.1) is 13.8 Å². The molecule has 0 amide bonds. The lowest BCUT2D eigenvalue weighted by Crippen LogP contribution is -2.01. The molecular formula is C44H40O4. The lowest BCUT2D eigenvalue weighted by molar-refractivity contribution is 0.619. The van der Waals surface area contributed by atoms with E-state index in [9.17, 15) is 9.59 Å². The Kier molecular flexibility index (Phi) is 10.7. The zero-order valence-electron chi connectivity index (χ0n) is 28.3. The Balaban J connectivity index is 0.000000170. The van der Waals surface area contributed by atoms with Crippen molar-refractivity contribution in [2.24, 2.45) is 0 Å². The smallest absolute Gasteiger partial charge is 0.193 e. The van der Waals surface area contributed by atoms with Gasteiger partial charge in [0.05, 0.1) is 10.8 Å². The second-order valence-corrected chi connectivity index (χ2v) is 11.0. The molecule has 0 atom stereocenters. The second-order valence-electron chi connectivity index (χ2n) is 11.0. The van der Waals surface area contributed by atoms with Gasteiger partial charge >= 0.3 is 0 Å². The Hall–Kier alpha value is -5.74. The molecule has 0 radical (unpaired) electrons. The summed E-state index contributed by atoms with van der Waals surface area (Å²) in [6, 6.07) is 42.6. The summed E-state index contributed by atoms with van der Waals surface area (Å²) in [4.78, 5) is 25.2. The minimum Gasteiger partial charge on any atom is -0.456 e. The van der Waals surface area contributed by atoms with Crippen LogP contribution < -0.4 is 10.9 Å². The minimum absolute atomic E-state index is 0.00590. The van der Waals surface area contributed by atoms with Crippen molar-refractivity contribution in [3.05, 3.63) is 165 Å². The first-order valence-corrected chi connectivity index (χ1v) is 16.5. The number of aryl methyl sites for hydroxylation is 2. The molecule has 0 aliphatic rings. The third-order valence-electron chi connectivity index (χ3n) is 7.91. The number of fused-ring (bicyclic) bond motifs is 6. The molecule has 2 heterocycles.